The van der Waals surface area contributed by atoms with Gasteiger partial charge in [0.1, 0.15) is 6.54 Å². The zero-order valence-corrected chi connectivity index (χ0v) is 19.2. The van der Waals surface area contributed by atoms with Gasteiger partial charge in [-0.25, -0.2) is 0 Å². The van der Waals surface area contributed by atoms with Gasteiger partial charge in [0.2, 0.25) is 0 Å². The van der Waals surface area contributed by atoms with Crippen molar-refractivity contribution >= 4 is 5.97 Å². The highest BCUT2D eigenvalue weighted by Crippen LogP contribution is 2.32. The molecule has 180 valence electrons. The maximum absolute atomic E-state index is 13.4. The van der Waals surface area contributed by atoms with Gasteiger partial charge < -0.3 is 9.67 Å². The number of pyridine rings is 1. The second kappa shape index (κ2) is 10.7. The Bertz CT molecular complexity index is 1210. The first-order valence-corrected chi connectivity index (χ1v) is 11.3. The number of halogens is 3. The van der Waals surface area contributed by atoms with E-state index in [2.05, 4.69) is 13.8 Å². The van der Waals surface area contributed by atoms with Crippen molar-refractivity contribution < 1.29 is 23.1 Å². The summed E-state index contributed by atoms with van der Waals surface area (Å²) in [5.74, 6) is -0.607. The summed E-state index contributed by atoms with van der Waals surface area (Å²) in [7, 11) is 0. The molecule has 7 heteroatoms. The van der Waals surface area contributed by atoms with Crippen molar-refractivity contribution in [2.24, 2.45) is 5.92 Å². The van der Waals surface area contributed by atoms with Gasteiger partial charge >= 0.3 is 12.1 Å². The molecule has 1 aromatic heterocycles. The molecule has 0 radical (unpaired) electrons. The second-order valence-corrected chi connectivity index (χ2v) is 8.53. The van der Waals surface area contributed by atoms with Crippen LogP contribution in [0, 0.1) is 5.92 Å². The molecule has 4 nitrogen and oxygen atoms in total. The predicted octanol–water partition coefficient (Wildman–Crippen LogP) is 6.65. The van der Waals surface area contributed by atoms with Gasteiger partial charge in [0.05, 0.1) is 5.56 Å². The first-order chi connectivity index (χ1) is 16.1. The Morgan fingerprint density at radius 2 is 1.62 bits per heavy atom. The van der Waals surface area contributed by atoms with Gasteiger partial charge in [-0.1, -0.05) is 69.5 Å². The molecule has 0 aliphatic carbocycles. The van der Waals surface area contributed by atoms with E-state index in [1.165, 1.54) is 29.1 Å². The quantitative estimate of drug-likeness (QED) is 0.380. The summed E-state index contributed by atoms with van der Waals surface area (Å²) in [5.41, 5.74) is 0.718. The molecular weight excluding hydrogens is 443 g/mol. The molecule has 34 heavy (non-hydrogen) atoms. The molecule has 0 aliphatic heterocycles. The van der Waals surface area contributed by atoms with Gasteiger partial charge in [-0.05, 0) is 41.2 Å². The molecule has 2 aromatic carbocycles. The van der Waals surface area contributed by atoms with E-state index in [0.29, 0.717) is 11.5 Å². The highest BCUT2D eigenvalue weighted by molar-refractivity contribution is 5.73. The Hall–Kier alpha value is -3.35. The second-order valence-electron chi connectivity index (χ2n) is 8.53. The lowest BCUT2D eigenvalue weighted by Gasteiger charge is -2.15. The minimum atomic E-state index is -4.56. The van der Waals surface area contributed by atoms with Gasteiger partial charge in [-0.15, -0.1) is 0 Å². The number of nitrogens with zero attached hydrogens (tertiary/aromatic N) is 1. The number of hydrogen-bond donors (Lipinski definition) is 1. The average molecular weight is 472 g/mol. The summed E-state index contributed by atoms with van der Waals surface area (Å²) in [6, 6.07) is 12.0. The van der Waals surface area contributed by atoms with Crippen molar-refractivity contribution in [2.45, 2.75) is 52.3 Å². The van der Waals surface area contributed by atoms with Crippen molar-refractivity contribution in [3.05, 3.63) is 82.3 Å². The maximum atomic E-state index is 13.4. The van der Waals surface area contributed by atoms with Gasteiger partial charge in [0.15, 0.2) is 5.43 Å². The summed E-state index contributed by atoms with van der Waals surface area (Å²) in [6.45, 7) is 3.86. The van der Waals surface area contributed by atoms with Crippen molar-refractivity contribution in [2.75, 3.05) is 0 Å². The smallest absolute Gasteiger partial charge is 0.416 e. The van der Waals surface area contributed by atoms with E-state index >= 15 is 0 Å². The van der Waals surface area contributed by atoms with E-state index in [1.807, 2.05) is 18.2 Å². The highest BCUT2D eigenvalue weighted by atomic mass is 19.4. The Labute approximate surface area is 196 Å². The molecule has 0 fully saturated rings. The standard InChI is InChI=1S/C27H28F3NO3/c1-3-7-18(4-2)12-19-8-5-9-20(13-19)23-15-31(17-25(32)33)16-24(26(23)34)21-10-6-11-22(14-21)27(28,29)30/h5-6,8-11,13-16,18H,3-4,7,12,17H2,1-2H3,(H,32,33). The zero-order valence-electron chi connectivity index (χ0n) is 19.2. The Kier molecular flexibility index (Phi) is 7.97. The van der Waals surface area contributed by atoms with Gasteiger partial charge in [-0.3, -0.25) is 9.59 Å². The Balaban J connectivity index is 2.13. The molecular formula is C27H28F3NO3. The molecule has 0 aliphatic rings. The SMILES string of the molecule is CCCC(CC)Cc1cccc(-c2cn(CC(=O)O)cc(-c3cccc(C(F)(F)F)c3)c2=O)c1. The van der Waals surface area contributed by atoms with Crippen molar-refractivity contribution in [1.82, 2.24) is 4.57 Å². The third-order valence-corrected chi connectivity index (χ3v) is 5.93. The van der Waals surface area contributed by atoms with Crippen LogP contribution in [0.5, 0.6) is 0 Å². The van der Waals surface area contributed by atoms with E-state index in [1.54, 1.807) is 6.07 Å². The average Bonchev–Trinajstić information content (AvgIpc) is 2.79. The van der Waals surface area contributed by atoms with Crippen LogP contribution in [0.2, 0.25) is 0 Å². The number of carboxylic acids is 1. The van der Waals surface area contributed by atoms with Gasteiger partial charge in [0.25, 0.3) is 0 Å². The third kappa shape index (κ3) is 6.16. The molecule has 1 heterocycles. The summed E-state index contributed by atoms with van der Waals surface area (Å²) in [4.78, 5) is 24.8. The maximum Gasteiger partial charge on any atom is 0.416 e. The molecule has 0 spiro atoms. The molecule has 0 bridgehead atoms. The lowest BCUT2D eigenvalue weighted by molar-refractivity contribution is -0.138. The fraction of sp³-hybridized carbons (Fsp3) is 0.333. The Morgan fingerprint density at radius 1 is 1.00 bits per heavy atom. The number of hydrogen-bond acceptors (Lipinski definition) is 2. The van der Waals surface area contributed by atoms with Crippen molar-refractivity contribution in [1.29, 1.82) is 0 Å². The van der Waals surface area contributed by atoms with E-state index < -0.39 is 29.7 Å². The number of rotatable bonds is 9. The van der Waals surface area contributed by atoms with Crippen LogP contribution < -0.4 is 5.43 Å². The van der Waals surface area contributed by atoms with E-state index in [0.717, 1.165) is 43.4 Å². The van der Waals surface area contributed by atoms with Crippen LogP contribution in [-0.2, 0) is 23.9 Å². The van der Waals surface area contributed by atoms with Gasteiger partial charge in [0, 0.05) is 23.5 Å². The number of aliphatic carboxylic acids is 1. The molecule has 1 N–H and O–H groups in total. The number of aromatic nitrogens is 1. The highest BCUT2D eigenvalue weighted by Gasteiger charge is 2.30. The first kappa shape index (κ1) is 25.3. The summed E-state index contributed by atoms with van der Waals surface area (Å²) in [5, 5.41) is 9.28. The molecule has 3 rings (SSSR count). The lowest BCUT2D eigenvalue weighted by atomic mass is 9.91. The molecule has 1 unspecified atom stereocenters. The van der Waals surface area contributed by atoms with Crippen LogP contribution >= 0.6 is 0 Å². The van der Waals surface area contributed by atoms with Crippen LogP contribution in [0.1, 0.15) is 44.2 Å². The summed E-state index contributed by atoms with van der Waals surface area (Å²) in [6.07, 6.45) is 2.26. The van der Waals surface area contributed by atoms with E-state index in [-0.39, 0.29) is 16.7 Å². The number of alkyl halides is 3. The molecule has 0 saturated carbocycles. The van der Waals surface area contributed by atoms with E-state index in [4.69, 9.17) is 0 Å². The minimum Gasteiger partial charge on any atom is -0.480 e. The summed E-state index contributed by atoms with van der Waals surface area (Å²) < 4.78 is 41.1. The monoisotopic (exact) mass is 471 g/mol. The van der Waals surface area contributed by atoms with Gasteiger partial charge in [-0.2, -0.15) is 13.2 Å². The molecule has 0 amide bonds. The van der Waals surface area contributed by atoms with Crippen molar-refractivity contribution in [3.63, 3.8) is 0 Å². The molecule has 1 atom stereocenters. The first-order valence-electron chi connectivity index (χ1n) is 11.3. The van der Waals surface area contributed by atoms with Crippen LogP contribution in [-0.4, -0.2) is 15.6 Å². The normalized spacial score (nSPS) is 12.5. The fourth-order valence-corrected chi connectivity index (χ4v) is 4.21. The van der Waals surface area contributed by atoms with E-state index in [9.17, 15) is 27.9 Å². The Morgan fingerprint density at radius 3 is 2.18 bits per heavy atom. The molecule has 0 saturated heterocycles. The topological polar surface area (TPSA) is 59.3 Å². The minimum absolute atomic E-state index is 0.0210. The third-order valence-electron chi connectivity index (χ3n) is 5.93. The summed E-state index contributed by atoms with van der Waals surface area (Å²) >= 11 is 0. The molecule has 3 aromatic rings. The van der Waals surface area contributed by atoms with Crippen molar-refractivity contribution in [3.8, 4) is 22.3 Å². The van der Waals surface area contributed by atoms with Crippen LogP contribution in [0.15, 0.2) is 65.7 Å². The predicted molar refractivity (Wildman–Crippen MR) is 127 cm³/mol. The van der Waals surface area contributed by atoms with Crippen LogP contribution in [0.3, 0.4) is 0 Å². The fourth-order valence-electron chi connectivity index (χ4n) is 4.21. The lowest BCUT2D eigenvalue weighted by Crippen LogP contribution is -2.16. The van der Waals surface area contributed by atoms with Crippen LogP contribution in [0.4, 0.5) is 13.2 Å². The largest absolute Gasteiger partial charge is 0.480 e. The number of carbonyl (C=O) groups is 1. The van der Waals surface area contributed by atoms with Crippen LogP contribution in [0.25, 0.3) is 22.3 Å². The zero-order chi connectivity index (χ0) is 24.9. The number of benzene rings is 2. The number of carboxylic acid groups (broad SMARTS) is 1.